The van der Waals surface area contributed by atoms with Gasteiger partial charge in [0.2, 0.25) is 15.9 Å². The topological polar surface area (TPSA) is 92.5 Å². The summed E-state index contributed by atoms with van der Waals surface area (Å²) in [6.07, 6.45) is 1.98. The van der Waals surface area contributed by atoms with Crippen LogP contribution in [0.1, 0.15) is 18.4 Å². The van der Waals surface area contributed by atoms with Gasteiger partial charge in [-0.25, -0.2) is 13.1 Å². The first-order valence-electron chi connectivity index (χ1n) is 6.56. The number of sulfonamides is 1. The Bertz CT molecular complexity index is 563. The smallest absolute Gasteiger partial charge is 0.237 e. The number of hydrogen-bond donors (Lipinski definition) is 2. The van der Waals surface area contributed by atoms with Gasteiger partial charge in [-0.15, -0.1) is 0 Å². The molecule has 1 aromatic rings. The number of carbonyl (C=O) groups excluding carboxylic acids is 1. The van der Waals surface area contributed by atoms with Gasteiger partial charge >= 0.3 is 0 Å². The molecule has 0 spiro atoms. The summed E-state index contributed by atoms with van der Waals surface area (Å²) >= 11 is 0. The zero-order chi connectivity index (χ0) is 14.6. The molecule has 0 saturated carbocycles. The number of rotatable bonds is 5. The molecule has 0 aromatic heterocycles. The van der Waals surface area contributed by atoms with Gasteiger partial charge in [0.05, 0.1) is 12.3 Å². The van der Waals surface area contributed by atoms with E-state index in [0.717, 1.165) is 25.9 Å². The lowest BCUT2D eigenvalue weighted by Crippen LogP contribution is -2.39. The second-order valence-electron chi connectivity index (χ2n) is 4.91. The fourth-order valence-electron chi connectivity index (χ4n) is 2.13. The monoisotopic (exact) mass is 297 g/mol. The lowest BCUT2D eigenvalue weighted by atomic mass is 10.2. The third-order valence-electron chi connectivity index (χ3n) is 3.24. The summed E-state index contributed by atoms with van der Waals surface area (Å²) in [5.41, 5.74) is 6.77. The van der Waals surface area contributed by atoms with Gasteiger partial charge < -0.3 is 10.6 Å². The summed E-state index contributed by atoms with van der Waals surface area (Å²) < 4.78 is 26.1. The van der Waals surface area contributed by atoms with E-state index in [1.54, 1.807) is 29.2 Å². The van der Waals surface area contributed by atoms with E-state index in [9.17, 15) is 13.2 Å². The number of nitrogens with two attached hydrogens (primary N) is 1. The molecule has 6 nitrogen and oxygen atoms in total. The van der Waals surface area contributed by atoms with Gasteiger partial charge in [-0.2, -0.15) is 0 Å². The Balaban J connectivity index is 1.87. The SMILES string of the molecule is Nc1ccc(CS(=O)(=O)NCC(=O)N2CCCC2)cc1. The molecule has 7 heteroatoms. The summed E-state index contributed by atoms with van der Waals surface area (Å²) in [4.78, 5) is 13.5. The van der Waals surface area contributed by atoms with E-state index in [-0.39, 0.29) is 18.2 Å². The Labute approximate surface area is 119 Å². The Morgan fingerprint density at radius 1 is 1.20 bits per heavy atom. The Hall–Kier alpha value is -1.60. The first-order valence-corrected chi connectivity index (χ1v) is 8.21. The Morgan fingerprint density at radius 2 is 1.80 bits per heavy atom. The summed E-state index contributed by atoms with van der Waals surface area (Å²) in [5.74, 6) is -0.316. The molecule has 20 heavy (non-hydrogen) atoms. The number of anilines is 1. The maximum atomic E-state index is 11.9. The lowest BCUT2D eigenvalue weighted by molar-refractivity contribution is -0.128. The molecule has 1 heterocycles. The fraction of sp³-hybridized carbons (Fsp3) is 0.462. The molecule has 0 aliphatic carbocycles. The predicted octanol–water partition coefficient (Wildman–Crippen LogP) is 0.311. The number of nitrogen functional groups attached to an aromatic ring is 1. The van der Waals surface area contributed by atoms with Gasteiger partial charge in [-0.1, -0.05) is 12.1 Å². The van der Waals surface area contributed by atoms with E-state index in [1.165, 1.54) is 0 Å². The molecule has 2 rings (SSSR count). The van der Waals surface area contributed by atoms with E-state index in [2.05, 4.69) is 4.72 Å². The summed E-state index contributed by atoms with van der Waals surface area (Å²) in [6.45, 7) is 1.27. The largest absolute Gasteiger partial charge is 0.399 e. The number of benzene rings is 1. The highest BCUT2D eigenvalue weighted by molar-refractivity contribution is 7.88. The highest BCUT2D eigenvalue weighted by atomic mass is 32.2. The van der Waals surface area contributed by atoms with Crippen molar-refractivity contribution in [3.8, 4) is 0 Å². The molecule has 0 atom stereocenters. The molecule has 1 amide bonds. The van der Waals surface area contributed by atoms with Crippen LogP contribution >= 0.6 is 0 Å². The normalized spacial score (nSPS) is 15.5. The van der Waals surface area contributed by atoms with Crippen LogP contribution in [-0.4, -0.2) is 38.9 Å². The quantitative estimate of drug-likeness (QED) is 0.765. The van der Waals surface area contributed by atoms with Crippen molar-refractivity contribution in [1.82, 2.24) is 9.62 Å². The molecule has 110 valence electrons. The van der Waals surface area contributed by atoms with Gasteiger partial charge in [-0.3, -0.25) is 4.79 Å². The van der Waals surface area contributed by atoms with Crippen molar-refractivity contribution < 1.29 is 13.2 Å². The number of nitrogens with zero attached hydrogens (tertiary/aromatic N) is 1. The van der Waals surface area contributed by atoms with Crippen molar-refractivity contribution in [2.75, 3.05) is 25.4 Å². The first-order chi connectivity index (χ1) is 9.46. The number of hydrogen-bond acceptors (Lipinski definition) is 4. The van der Waals surface area contributed by atoms with E-state index in [1.807, 2.05) is 0 Å². The van der Waals surface area contributed by atoms with Crippen molar-refractivity contribution in [2.24, 2.45) is 0 Å². The minimum Gasteiger partial charge on any atom is -0.399 e. The van der Waals surface area contributed by atoms with Crippen LogP contribution in [0.2, 0.25) is 0 Å². The second-order valence-corrected chi connectivity index (χ2v) is 6.72. The number of nitrogens with one attached hydrogen (secondary N) is 1. The van der Waals surface area contributed by atoms with Crippen molar-refractivity contribution >= 4 is 21.6 Å². The Kier molecular flexibility index (Phi) is 4.61. The van der Waals surface area contributed by atoms with Gasteiger partial charge in [0, 0.05) is 18.8 Å². The van der Waals surface area contributed by atoms with Crippen LogP contribution in [0.5, 0.6) is 0 Å². The average molecular weight is 297 g/mol. The molecule has 1 aliphatic heterocycles. The molecular weight excluding hydrogens is 278 g/mol. The molecular formula is C13H19N3O3S. The number of carbonyl (C=O) groups is 1. The Morgan fingerprint density at radius 3 is 2.40 bits per heavy atom. The maximum Gasteiger partial charge on any atom is 0.237 e. The summed E-state index contributed by atoms with van der Waals surface area (Å²) in [5, 5.41) is 0. The van der Waals surface area contributed by atoms with E-state index in [4.69, 9.17) is 5.73 Å². The zero-order valence-corrected chi connectivity index (χ0v) is 12.0. The summed E-state index contributed by atoms with van der Waals surface area (Å²) in [6, 6.07) is 6.63. The van der Waals surface area contributed by atoms with E-state index >= 15 is 0 Å². The van der Waals surface area contributed by atoms with Crippen LogP contribution in [0.15, 0.2) is 24.3 Å². The fourth-order valence-corrected chi connectivity index (χ4v) is 3.21. The number of amides is 1. The first kappa shape index (κ1) is 14.8. The van der Waals surface area contributed by atoms with Crippen LogP contribution in [0.3, 0.4) is 0 Å². The zero-order valence-electron chi connectivity index (χ0n) is 11.2. The molecule has 1 aliphatic rings. The molecule has 0 unspecified atom stereocenters. The van der Waals surface area contributed by atoms with Crippen molar-refractivity contribution in [3.63, 3.8) is 0 Å². The van der Waals surface area contributed by atoms with E-state index in [0.29, 0.717) is 11.3 Å². The van der Waals surface area contributed by atoms with Crippen molar-refractivity contribution in [2.45, 2.75) is 18.6 Å². The van der Waals surface area contributed by atoms with Gasteiger partial charge in [0.25, 0.3) is 0 Å². The maximum absolute atomic E-state index is 11.9. The van der Waals surface area contributed by atoms with Crippen molar-refractivity contribution in [3.05, 3.63) is 29.8 Å². The summed E-state index contributed by atoms with van der Waals surface area (Å²) in [7, 11) is -3.51. The minimum absolute atomic E-state index is 0.152. The van der Waals surface area contributed by atoms with E-state index < -0.39 is 10.0 Å². The highest BCUT2D eigenvalue weighted by Crippen LogP contribution is 2.09. The van der Waals surface area contributed by atoms with Crippen LogP contribution < -0.4 is 10.5 Å². The van der Waals surface area contributed by atoms with Crippen molar-refractivity contribution in [1.29, 1.82) is 0 Å². The van der Waals surface area contributed by atoms with Crippen LogP contribution in [0.25, 0.3) is 0 Å². The lowest BCUT2D eigenvalue weighted by Gasteiger charge is -2.15. The average Bonchev–Trinajstić information content (AvgIpc) is 2.93. The number of likely N-dealkylation sites (tertiary alicyclic amines) is 1. The molecule has 0 radical (unpaired) electrons. The molecule has 1 aromatic carbocycles. The molecule has 1 saturated heterocycles. The third-order valence-corrected chi connectivity index (χ3v) is 4.54. The second kappa shape index (κ2) is 6.23. The van der Waals surface area contributed by atoms with Crippen LogP contribution in [-0.2, 0) is 20.6 Å². The molecule has 1 fully saturated rings. The molecule has 3 N–H and O–H groups in total. The van der Waals surface area contributed by atoms with Gasteiger partial charge in [0.15, 0.2) is 0 Å². The molecule has 0 bridgehead atoms. The van der Waals surface area contributed by atoms with Crippen LogP contribution in [0, 0.1) is 0 Å². The minimum atomic E-state index is -3.51. The highest BCUT2D eigenvalue weighted by Gasteiger charge is 2.20. The van der Waals surface area contributed by atoms with Crippen LogP contribution in [0.4, 0.5) is 5.69 Å². The standard InChI is InChI=1S/C13H19N3O3S/c14-12-5-3-11(4-6-12)10-20(18,19)15-9-13(17)16-7-1-2-8-16/h3-6,15H,1-2,7-10,14H2. The predicted molar refractivity (Wildman–Crippen MR) is 77.3 cm³/mol. The third kappa shape index (κ3) is 4.21. The van der Waals surface area contributed by atoms with Gasteiger partial charge in [0.1, 0.15) is 0 Å². The van der Waals surface area contributed by atoms with Gasteiger partial charge in [-0.05, 0) is 30.5 Å².